The molecule has 2 aromatic rings. The molecule has 2 aromatic carbocycles. The lowest BCUT2D eigenvalue weighted by molar-refractivity contribution is 0.111. The summed E-state index contributed by atoms with van der Waals surface area (Å²) in [6.07, 6.45) is 0.717. The van der Waals surface area contributed by atoms with Gasteiger partial charge in [0.1, 0.15) is 12.4 Å². The minimum atomic E-state index is -0.456. The first-order valence-corrected chi connectivity index (χ1v) is 7.05. The van der Waals surface area contributed by atoms with E-state index in [2.05, 4.69) is 15.9 Å². The first-order chi connectivity index (χ1) is 10.1. The summed E-state index contributed by atoms with van der Waals surface area (Å²) in [4.78, 5) is 11.1. The highest BCUT2D eigenvalue weighted by atomic mass is 79.9. The van der Waals surface area contributed by atoms with Gasteiger partial charge in [0.15, 0.2) is 17.9 Å². The fourth-order valence-corrected chi connectivity index (χ4v) is 2.61. The number of ether oxygens (including phenoxy) is 2. The Morgan fingerprint density at radius 2 is 2.10 bits per heavy atom. The van der Waals surface area contributed by atoms with Crippen LogP contribution in [0.3, 0.4) is 0 Å². The third kappa shape index (κ3) is 3.42. The van der Waals surface area contributed by atoms with Crippen molar-refractivity contribution in [1.29, 1.82) is 0 Å². The molecule has 0 aliphatic rings. The van der Waals surface area contributed by atoms with Crippen molar-refractivity contribution >= 4 is 22.2 Å². The zero-order valence-electron chi connectivity index (χ0n) is 11.7. The summed E-state index contributed by atoms with van der Waals surface area (Å²) in [6, 6.07) is 8.35. The van der Waals surface area contributed by atoms with Crippen molar-refractivity contribution < 1.29 is 18.7 Å². The summed E-state index contributed by atoms with van der Waals surface area (Å²) in [5.41, 5.74) is 1.59. The molecule has 110 valence electrons. The normalized spacial score (nSPS) is 10.3. The lowest BCUT2D eigenvalue weighted by atomic mass is 10.1. The molecule has 0 fully saturated rings. The van der Waals surface area contributed by atoms with Gasteiger partial charge < -0.3 is 9.47 Å². The topological polar surface area (TPSA) is 35.5 Å². The van der Waals surface area contributed by atoms with Crippen LogP contribution in [0.25, 0.3) is 0 Å². The van der Waals surface area contributed by atoms with Gasteiger partial charge in [-0.25, -0.2) is 4.39 Å². The number of aryl methyl sites for hydroxylation is 1. The Bertz CT molecular complexity index is 671. The van der Waals surface area contributed by atoms with Crippen LogP contribution >= 0.6 is 15.9 Å². The van der Waals surface area contributed by atoms with Crippen molar-refractivity contribution in [2.24, 2.45) is 0 Å². The van der Waals surface area contributed by atoms with Crippen LogP contribution in [0, 0.1) is 12.7 Å². The molecule has 3 nitrogen and oxygen atoms in total. The minimum absolute atomic E-state index is 0.0202. The highest BCUT2D eigenvalue weighted by molar-refractivity contribution is 9.10. The summed E-state index contributed by atoms with van der Waals surface area (Å²) in [5.74, 6) is 0.164. The zero-order chi connectivity index (χ0) is 15.4. The van der Waals surface area contributed by atoms with Gasteiger partial charge >= 0.3 is 0 Å². The Morgan fingerprint density at radius 1 is 1.33 bits per heavy atom. The Morgan fingerprint density at radius 3 is 2.76 bits per heavy atom. The summed E-state index contributed by atoms with van der Waals surface area (Å²) in [6.45, 7) is 1.85. The van der Waals surface area contributed by atoms with Crippen LogP contribution < -0.4 is 9.47 Å². The van der Waals surface area contributed by atoms with Crippen molar-refractivity contribution in [3.05, 3.63) is 57.3 Å². The zero-order valence-corrected chi connectivity index (χ0v) is 13.2. The molecule has 0 spiro atoms. The quantitative estimate of drug-likeness (QED) is 0.752. The second-order valence-corrected chi connectivity index (χ2v) is 5.40. The lowest BCUT2D eigenvalue weighted by Crippen LogP contribution is -2.03. The molecule has 0 heterocycles. The van der Waals surface area contributed by atoms with Crippen LogP contribution in [-0.4, -0.2) is 13.4 Å². The number of aldehydes is 1. The summed E-state index contributed by atoms with van der Waals surface area (Å²) in [7, 11) is 1.41. The van der Waals surface area contributed by atoms with Gasteiger partial charge in [-0.1, -0.05) is 28.1 Å². The fraction of sp³-hybridized carbons (Fsp3) is 0.188. The van der Waals surface area contributed by atoms with E-state index in [1.54, 1.807) is 24.3 Å². The van der Waals surface area contributed by atoms with E-state index < -0.39 is 5.82 Å². The fourth-order valence-electron chi connectivity index (χ4n) is 2.02. The van der Waals surface area contributed by atoms with E-state index in [0.29, 0.717) is 16.9 Å². The van der Waals surface area contributed by atoms with Gasteiger partial charge in [0.2, 0.25) is 0 Å². The summed E-state index contributed by atoms with van der Waals surface area (Å²) < 4.78 is 25.4. The Kier molecular flexibility index (Phi) is 4.96. The minimum Gasteiger partial charge on any atom is -0.494 e. The van der Waals surface area contributed by atoms with E-state index in [0.717, 1.165) is 16.3 Å². The first-order valence-electron chi connectivity index (χ1n) is 6.26. The van der Waals surface area contributed by atoms with E-state index in [9.17, 15) is 9.18 Å². The predicted molar refractivity (Wildman–Crippen MR) is 81.6 cm³/mol. The molecule has 0 unspecified atom stereocenters. The van der Waals surface area contributed by atoms with Crippen LogP contribution in [0.1, 0.15) is 21.5 Å². The van der Waals surface area contributed by atoms with Gasteiger partial charge in [0, 0.05) is 10.0 Å². The molecule has 0 saturated carbocycles. The van der Waals surface area contributed by atoms with Gasteiger partial charge in [-0.15, -0.1) is 0 Å². The molecule has 0 saturated heterocycles. The van der Waals surface area contributed by atoms with E-state index in [1.807, 2.05) is 13.0 Å². The number of methoxy groups -OCH3 is 1. The number of halogens is 2. The third-order valence-electron chi connectivity index (χ3n) is 3.03. The van der Waals surface area contributed by atoms with Crippen molar-refractivity contribution in [1.82, 2.24) is 0 Å². The molecule has 0 aliphatic carbocycles. The predicted octanol–water partition coefficient (Wildman–Crippen LogP) is 4.30. The number of hydrogen-bond acceptors (Lipinski definition) is 3. The molecule has 5 heteroatoms. The van der Waals surface area contributed by atoms with Crippen LogP contribution in [0.2, 0.25) is 0 Å². The van der Waals surface area contributed by atoms with Gasteiger partial charge in [-0.3, -0.25) is 4.79 Å². The standard InChI is InChI=1S/C16H14BrFO3/c1-10-6-13(17)7-12(8-19)16(10)21-9-11-4-3-5-14(20-2)15(11)18/h3-8H,9H2,1-2H3. The maximum absolute atomic E-state index is 14.0. The molecule has 0 aliphatic heterocycles. The third-order valence-corrected chi connectivity index (χ3v) is 3.49. The molecule has 0 N–H and O–H groups in total. The van der Waals surface area contributed by atoms with E-state index >= 15 is 0 Å². The summed E-state index contributed by atoms with van der Waals surface area (Å²) in [5, 5.41) is 0. The molecular weight excluding hydrogens is 339 g/mol. The Hall–Kier alpha value is -1.88. The van der Waals surface area contributed by atoms with Gasteiger partial charge in [-0.05, 0) is 30.7 Å². The molecule has 0 aromatic heterocycles. The van der Waals surface area contributed by atoms with E-state index in [4.69, 9.17) is 9.47 Å². The molecular formula is C16H14BrFO3. The highest BCUT2D eigenvalue weighted by Crippen LogP contribution is 2.28. The smallest absolute Gasteiger partial charge is 0.171 e. The Balaban J connectivity index is 2.27. The average molecular weight is 353 g/mol. The van der Waals surface area contributed by atoms with E-state index in [-0.39, 0.29) is 12.4 Å². The second kappa shape index (κ2) is 6.72. The second-order valence-electron chi connectivity index (χ2n) is 4.48. The monoisotopic (exact) mass is 352 g/mol. The molecule has 21 heavy (non-hydrogen) atoms. The molecule has 0 atom stereocenters. The van der Waals surface area contributed by atoms with Crippen molar-refractivity contribution in [2.45, 2.75) is 13.5 Å². The number of hydrogen-bond donors (Lipinski definition) is 0. The van der Waals surface area contributed by atoms with Crippen LogP contribution in [0.4, 0.5) is 4.39 Å². The van der Waals surface area contributed by atoms with Crippen LogP contribution in [0.15, 0.2) is 34.8 Å². The number of carbonyl (C=O) groups excluding carboxylic acids is 1. The maximum Gasteiger partial charge on any atom is 0.171 e. The van der Waals surface area contributed by atoms with Crippen LogP contribution in [-0.2, 0) is 6.61 Å². The summed E-state index contributed by atoms with van der Waals surface area (Å²) >= 11 is 3.32. The number of rotatable bonds is 5. The SMILES string of the molecule is COc1cccc(COc2c(C)cc(Br)cc2C=O)c1F. The van der Waals surface area contributed by atoms with Gasteiger partial charge in [-0.2, -0.15) is 0 Å². The largest absolute Gasteiger partial charge is 0.494 e. The Labute approximate surface area is 130 Å². The molecule has 0 bridgehead atoms. The molecule has 0 radical (unpaired) electrons. The highest BCUT2D eigenvalue weighted by Gasteiger charge is 2.12. The van der Waals surface area contributed by atoms with E-state index in [1.165, 1.54) is 7.11 Å². The molecule has 2 rings (SSSR count). The van der Waals surface area contributed by atoms with Crippen molar-refractivity contribution in [3.63, 3.8) is 0 Å². The van der Waals surface area contributed by atoms with Crippen molar-refractivity contribution in [3.8, 4) is 11.5 Å². The maximum atomic E-state index is 14.0. The number of carbonyl (C=O) groups is 1. The number of benzene rings is 2. The molecule has 0 amide bonds. The lowest BCUT2D eigenvalue weighted by Gasteiger charge is -2.13. The van der Waals surface area contributed by atoms with Gasteiger partial charge in [0.25, 0.3) is 0 Å². The average Bonchev–Trinajstić information content (AvgIpc) is 2.47. The van der Waals surface area contributed by atoms with Gasteiger partial charge in [0.05, 0.1) is 12.7 Å². The van der Waals surface area contributed by atoms with Crippen LogP contribution in [0.5, 0.6) is 11.5 Å². The first kappa shape index (κ1) is 15.5. The van der Waals surface area contributed by atoms with Crippen molar-refractivity contribution in [2.75, 3.05) is 7.11 Å².